The van der Waals surface area contributed by atoms with E-state index in [1.54, 1.807) is 17.3 Å². The summed E-state index contributed by atoms with van der Waals surface area (Å²) in [6.45, 7) is 9.94. The highest BCUT2D eigenvalue weighted by molar-refractivity contribution is 6.06. The minimum Gasteiger partial charge on any atom is -0.382 e. The lowest BCUT2D eigenvalue weighted by molar-refractivity contribution is 0.0398. The molecule has 2 aromatic rings. The van der Waals surface area contributed by atoms with Gasteiger partial charge in [-0.25, -0.2) is 0 Å². The molecule has 0 spiro atoms. The van der Waals surface area contributed by atoms with Crippen LogP contribution in [0.3, 0.4) is 0 Å². The van der Waals surface area contributed by atoms with Crippen LogP contribution in [-0.2, 0) is 4.74 Å². The first-order chi connectivity index (χ1) is 13.2. The summed E-state index contributed by atoms with van der Waals surface area (Å²) in [7, 11) is 0. The number of morpholine rings is 1. The fourth-order valence-electron chi connectivity index (χ4n) is 3.23. The topological polar surface area (TPSA) is 57.7 Å². The van der Waals surface area contributed by atoms with Gasteiger partial charge in [0.15, 0.2) is 0 Å². The number of anilines is 2. The van der Waals surface area contributed by atoms with Gasteiger partial charge in [-0.3, -0.25) is 14.7 Å². The lowest BCUT2D eigenvalue weighted by Crippen LogP contribution is -2.39. The predicted molar refractivity (Wildman–Crippen MR) is 109 cm³/mol. The highest BCUT2D eigenvalue weighted by Gasteiger charge is 2.17. The van der Waals surface area contributed by atoms with E-state index < -0.39 is 0 Å². The number of rotatable bonds is 7. The van der Waals surface area contributed by atoms with Crippen molar-refractivity contribution >= 4 is 17.3 Å². The van der Waals surface area contributed by atoms with Crippen molar-refractivity contribution in [2.24, 2.45) is 0 Å². The van der Waals surface area contributed by atoms with Crippen LogP contribution in [0.5, 0.6) is 0 Å². The smallest absolute Gasteiger partial charge is 0.259 e. The Kier molecular flexibility index (Phi) is 6.79. The Bertz CT molecular complexity index is 759. The van der Waals surface area contributed by atoms with Crippen molar-refractivity contribution in [3.05, 3.63) is 53.9 Å². The third-order valence-corrected chi connectivity index (χ3v) is 4.72. The van der Waals surface area contributed by atoms with Crippen LogP contribution in [0.15, 0.2) is 42.7 Å². The minimum absolute atomic E-state index is 0.0348. The fraction of sp³-hybridized carbons (Fsp3) is 0.429. The van der Waals surface area contributed by atoms with Gasteiger partial charge in [0.1, 0.15) is 0 Å². The summed E-state index contributed by atoms with van der Waals surface area (Å²) >= 11 is 0. The zero-order valence-electron chi connectivity index (χ0n) is 16.1. The normalized spacial score (nSPS) is 14.7. The Labute approximate surface area is 161 Å². The van der Waals surface area contributed by atoms with Crippen LogP contribution in [0.4, 0.5) is 11.4 Å². The Morgan fingerprint density at radius 2 is 2.07 bits per heavy atom. The molecule has 1 fully saturated rings. The van der Waals surface area contributed by atoms with Crippen molar-refractivity contribution in [3.8, 4) is 0 Å². The van der Waals surface area contributed by atoms with Gasteiger partial charge in [-0.05, 0) is 37.6 Å². The molecule has 1 aromatic carbocycles. The molecule has 6 heteroatoms. The van der Waals surface area contributed by atoms with Crippen molar-refractivity contribution in [3.63, 3.8) is 0 Å². The molecule has 1 amide bonds. The quantitative estimate of drug-likeness (QED) is 0.814. The lowest BCUT2D eigenvalue weighted by Gasteiger charge is -2.26. The molecule has 0 aliphatic carbocycles. The second-order valence-corrected chi connectivity index (χ2v) is 6.73. The van der Waals surface area contributed by atoms with Crippen LogP contribution >= 0.6 is 0 Å². The standard InChI is InChI=1S/C21H28N4O2/c1-3-25(20-6-4-5-17(2)13-20)21(26)18-14-19(16-22-15-18)23-7-8-24-9-11-27-12-10-24/h4-6,13-16,23H,3,7-12H2,1-2H3. The molecule has 0 atom stereocenters. The lowest BCUT2D eigenvalue weighted by atomic mass is 10.1. The molecule has 1 N–H and O–H groups in total. The van der Waals surface area contributed by atoms with E-state index in [4.69, 9.17) is 4.74 Å². The van der Waals surface area contributed by atoms with Gasteiger partial charge in [0, 0.05) is 50.8 Å². The maximum atomic E-state index is 13.0. The van der Waals surface area contributed by atoms with E-state index in [-0.39, 0.29) is 5.91 Å². The van der Waals surface area contributed by atoms with E-state index in [1.165, 1.54) is 0 Å². The molecular formula is C21H28N4O2. The van der Waals surface area contributed by atoms with Gasteiger partial charge in [-0.2, -0.15) is 0 Å². The first-order valence-corrected chi connectivity index (χ1v) is 9.55. The molecule has 1 aromatic heterocycles. The number of nitrogens with one attached hydrogen (secondary N) is 1. The number of carbonyl (C=O) groups is 1. The molecule has 1 aliphatic rings. The van der Waals surface area contributed by atoms with Gasteiger partial charge in [0.25, 0.3) is 5.91 Å². The van der Waals surface area contributed by atoms with Gasteiger partial charge < -0.3 is 15.0 Å². The highest BCUT2D eigenvalue weighted by atomic mass is 16.5. The fourth-order valence-corrected chi connectivity index (χ4v) is 3.23. The van der Waals surface area contributed by atoms with Crippen LogP contribution in [0.1, 0.15) is 22.8 Å². The van der Waals surface area contributed by atoms with Gasteiger partial charge in [-0.1, -0.05) is 12.1 Å². The first kappa shape index (κ1) is 19.3. The van der Waals surface area contributed by atoms with E-state index >= 15 is 0 Å². The molecule has 2 heterocycles. The second-order valence-electron chi connectivity index (χ2n) is 6.73. The zero-order valence-corrected chi connectivity index (χ0v) is 16.1. The summed E-state index contributed by atoms with van der Waals surface area (Å²) in [5.74, 6) is -0.0348. The third-order valence-electron chi connectivity index (χ3n) is 4.72. The van der Waals surface area contributed by atoms with Gasteiger partial charge in [-0.15, -0.1) is 0 Å². The molecule has 0 bridgehead atoms. The van der Waals surface area contributed by atoms with Gasteiger partial charge in [0.05, 0.1) is 24.5 Å². The number of hydrogen-bond donors (Lipinski definition) is 1. The SMILES string of the molecule is CCN(C(=O)c1cncc(NCCN2CCOCC2)c1)c1cccc(C)c1. The second kappa shape index (κ2) is 9.48. The molecule has 6 nitrogen and oxygen atoms in total. The van der Waals surface area contributed by atoms with E-state index in [0.29, 0.717) is 12.1 Å². The van der Waals surface area contributed by atoms with Crippen molar-refractivity contribution < 1.29 is 9.53 Å². The van der Waals surface area contributed by atoms with Crippen LogP contribution in [-0.4, -0.2) is 61.7 Å². The van der Waals surface area contributed by atoms with E-state index in [0.717, 1.165) is 56.3 Å². The molecule has 0 saturated carbocycles. The van der Waals surface area contributed by atoms with Crippen molar-refractivity contribution in [1.82, 2.24) is 9.88 Å². The Morgan fingerprint density at radius 1 is 1.26 bits per heavy atom. The van der Waals surface area contributed by atoms with Gasteiger partial charge >= 0.3 is 0 Å². The summed E-state index contributed by atoms with van der Waals surface area (Å²) in [6, 6.07) is 9.88. The number of aryl methyl sites for hydroxylation is 1. The average Bonchev–Trinajstić information content (AvgIpc) is 2.70. The Hall–Kier alpha value is -2.44. The van der Waals surface area contributed by atoms with Crippen LogP contribution in [0.25, 0.3) is 0 Å². The summed E-state index contributed by atoms with van der Waals surface area (Å²) < 4.78 is 5.37. The third kappa shape index (κ3) is 5.28. The molecule has 144 valence electrons. The average molecular weight is 368 g/mol. The number of hydrogen-bond acceptors (Lipinski definition) is 5. The number of carbonyl (C=O) groups excluding carboxylic acids is 1. The number of amides is 1. The molecular weight excluding hydrogens is 340 g/mol. The molecule has 27 heavy (non-hydrogen) atoms. The van der Waals surface area contributed by atoms with Gasteiger partial charge in [0.2, 0.25) is 0 Å². The summed E-state index contributed by atoms with van der Waals surface area (Å²) in [6.07, 6.45) is 3.40. The number of benzene rings is 1. The maximum absolute atomic E-state index is 13.0. The molecule has 0 radical (unpaired) electrons. The molecule has 1 saturated heterocycles. The Morgan fingerprint density at radius 3 is 2.81 bits per heavy atom. The number of nitrogens with zero attached hydrogens (tertiary/aromatic N) is 3. The zero-order chi connectivity index (χ0) is 19.1. The molecule has 0 unspecified atom stereocenters. The first-order valence-electron chi connectivity index (χ1n) is 9.55. The minimum atomic E-state index is -0.0348. The number of ether oxygens (including phenoxy) is 1. The highest BCUT2D eigenvalue weighted by Crippen LogP contribution is 2.19. The summed E-state index contributed by atoms with van der Waals surface area (Å²) in [5.41, 5.74) is 3.51. The van der Waals surface area contributed by atoms with Crippen LogP contribution in [0.2, 0.25) is 0 Å². The van der Waals surface area contributed by atoms with Crippen LogP contribution in [0, 0.1) is 6.92 Å². The van der Waals surface area contributed by atoms with Crippen molar-refractivity contribution in [2.45, 2.75) is 13.8 Å². The largest absolute Gasteiger partial charge is 0.382 e. The summed E-state index contributed by atoms with van der Waals surface area (Å²) in [4.78, 5) is 21.4. The van der Waals surface area contributed by atoms with E-state index in [2.05, 4.69) is 15.2 Å². The van der Waals surface area contributed by atoms with Crippen molar-refractivity contribution in [1.29, 1.82) is 0 Å². The van der Waals surface area contributed by atoms with Crippen molar-refractivity contribution in [2.75, 3.05) is 56.2 Å². The van der Waals surface area contributed by atoms with E-state index in [9.17, 15) is 4.79 Å². The van der Waals surface area contributed by atoms with E-state index in [1.807, 2.05) is 44.2 Å². The maximum Gasteiger partial charge on any atom is 0.259 e. The summed E-state index contributed by atoms with van der Waals surface area (Å²) in [5, 5.41) is 3.38. The number of aromatic nitrogens is 1. The monoisotopic (exact) mass is 368 g/mol. The number of pyridine rings is 1. The van der Waals surface area contributed by atoms with Crippen LogP contribution < -0.4 is 10.2 Å². The predicted octanol–water partition coefficient (Wildman–Crippen LogP) is 2.80. The molecule has 1 aliphatic heterocycles. The molecule has 3 rings (SSSR count). The Balaban J connectivity index is 1.63.